The van der Waals surface area contributed by atoms with Gasteiger partial charge in [-0.3, -0.25) is 4.79 Å². The maximum Gasteiger partial charge on any atom is 0.321 e. The number of thiol groups is 1. The summed E-state index contributed by atoms with van der Waals surface area (Å²) < 4.78 is 0. The molecule has 0 spiro atoms. The number of carbonyl (C=O) groups is 1. The lowest BCUT2D eigenvalue weighted by Crippen LogP contribution is -2.56. The fourth-order valence-corrected chi connectivity index (χ4v) is 0.234. The highest BCUT2D eigenvalue weighted by molar-refractivity contribution is 7.80. The zero-order chi connectivity index (χ0) is 8.57. The molecule has 1 atom stereocenters. The van der Waals surface area contributed by atoms with E-state index in [4.69, 9.17) is 16.0 Å². The van der Waals surface area contributed by atoms with E-state index in [1.807, 2.05) is 0 Å². The van der Waals surface area contributed by atoms with Crippen molar-refractivity contribution in [2.24, 2.45) is 5.73 Å². The number of carboxylic acid groups (broad SMARTS) is 1. The van der Waals surface area contributed by atoms with Gasteiger partial charge in [-0.05, 0) is 0 Å². The Hall–Kier alpha value is -0.750. The van der Waals surface area contributed by atoms with E-state index in [0.29, 0.717) is 0 Å². The Morgan fingerprint density at radius 2 is 2.30 bits per heavy atom. The molecule has 0 radical (unpaired) electrons. The third kappa shape index (κ3) is 10.3. The van der Waals surface area contributed by atoms with E-state index in [0.717, 1.165) is 0 Å². The summed E-state index contributed by atoms with van der Waals surface area (Å²) in [6.45, 7) is 2.68. The second kappa shape index (κ2) is 8.25. The topological polar surface area (TPSA) is 100 Å². The van der Waals surface area contributed by atoms with Crippen LogP contribution < -0.4 is 10.9 Å². The molecule has 0 aliphatic carbocycles. The summed E-state index contributed by atoms with van der Waals surface area (Å²) >= 11 is 3.65. The van der Waals surface area contributed by atoms with Gasteiger partial charge in [-0.25, -0.2) is 5.16 Å². The van der Waals surface area contributed by atoms with Gasteiger partial charge in [-0.2, -0.15) is 12.6 Å². The van der Waals surface area contributed by atoms with Gasteiger partial charge in [0.05, 0.1) is 0 Å². The molecule has 10 heavy (non-hydrogen) atoms. The maximum absolute atomic E-state index is 9.76. The molecule has 6 heteroatoms. The number of nitrogens with one attached hydrogen (secondary N) is 1. The summed E-state index contributed by atoms with van der Waals surface area (Å²) in [5, 5.41) is 17.8. The molecule has 0 aromatic rings. The molecule has 4 N–H and O–H groups in total. The van der Waals surface area contributed by atoms with Gasteiger partial charge in [0.25, 0.3) is 0 Å². The molecule has 0 aliphatic rings. The Morgan fingerprint density at radius 1 is 2.00 bits per heavy atom. The molecule has 0 saturated carbocycles. The van der Waals surface area contributed by atoms with Crippen LogP contribution >= 0.6 is 12.6 Å². The van der Waals surface area contributed by atoms with Crippen LogP contribution in [0.4, 0.5) is 0 Å². The Balaban J connectivity index is 0. The quantitative estimate of drug-likeness (QED) is 0.159. The van der Waals surface area contributed by atoms with Gasteiger partial charge in [0.2, 0.25) is 0 Å². The van der Waals surface area contributed by atoms with Crippen LogP contribution in [0, 0.1) is 5.21 Å². The van der Waals surface area contributed by atoms with Crippen LogP contribution in [-0.4, -0.2) is 29.6 Å². The van der Waals surface area contributed by atoms with Crippen molar-refractivity contribution in [2.45, 2.75) is 6.04 Å². The largest absolute Gasteiger partial charge is 0.626 e. The van der Waals surface area contributed by atoms with Gasteiger partial charge in [0, 0.05) is 5.75 Å². The van der Waals surface area contributed by atoms with E-state index in [-0.39, 0.29) is 5.75 Å². The molecule has 60 valence electrons. The SMILES string of the molecule is C=[NH+][O-].N[C@@H](CS)C(=O)O. The van der Waals surface area contributed by atoms with Crippen molar-refractivity contribution in [3.63, 3.8) is 0 Å². The highest BCUT2D eigenvalue weighted by Gasteiger charge is 2.06. The monoisotopic (exact) mass is 166 g/mol. The number of nitrogens with two attached hydrogens (primary N) is 1. The molecule has 5 nitrogen and oxygen atoms in total. The number of hydrogen-bond acceptors (Lipinski definition) is 4. The molecule has 0 aromatic carbocycles. The summed E-state index contributed by atoms with van der Waals surface area (Å²) in [6.07, 6.45) is 0. The summed E-state index contributed by atoms with van der Waals surface area (Å²) in [6, 6.07) is -0.816. The van der Waals surface area contributed by atoms with Crippen LogP contribution in [-0.2, 0) is 4.79 Å². The minimum atomic E-state index is -1.00. The van der Waals surface area contributed by atoms with Gasteiger partial charge in [-0.15, -0.1) is 0 Å². The first-order chi connectivity index (χ1) is 4.59. The van der Waals surface area contributed by atoms with Crippen molar-refractivity contribution in [3.8, 4) is 0 Å². The number of rotatable bonds is 2. The molecule has 0 amide bonds. The Morgan fingerprint density at radius 3 is 2.30 bits per heavy atom. The average Bonchev–Trinajstić information content (AvgIpc) is 1.88. The fraction of sp³-hybridized carbons (Fsp3) is 0.500. The molecule has 0 saturated heterocycles. The Labute approximate surface area is 63.9 Å². The lowest BCUT2D eigenvalue weighted by Gasteiger charge is -1.96. The van der Waals surface area contributed by atoms with Gasteiger partial charge in [0.1, 0.15) is 12.8 Å². The predicted octanol–water partition coefficient (Wildman–Crippen LogP) is -2.41. The number of carboxylic acids is 1. The van der Waals surface area contributed by atoms with Gasteiger partial charge in [0.15, 0.2) is 0 Å². The smallest absolute Gasteiger partial charge is 0.321 e. The molecular weight excluding hydrogens is 156 g/mol. The molecule has 0 unspecified atom stereocenters. The fourth-order valence-electron chi connectivity index (χ4n) is 0.0781. The molecule has 0 heterocycles. The number of hydrogen-bond donors (Lipinski definition) is 4. The minimum absolute atomic E-state index is 0.190. The Bertz CT molecular complexity index is 109. The molecule has 0 bridgehead atoms. The highest BCUT2D eigenvalue weighted by Crippen LogP contribution is 1.80. The van der Waals surface area contributed by atoms with Crippen molar-refractivity contribution in [3.05, 3.63) is 5.21 Å². The minimum Gasteiger partial charge on any atom is -0.626 e. The average molecular weight is 166 g/mol. The molecule has 0 aliphatic heterocycles. The second-order valence-corrected chi connectivity index (χ2v) is 1.64. The zero-order valence-corrected chi connectivity index (χ0v) is 6.17. The van der Waals surface area contributed by atoms with Crippen LogP contribution in [0.1, 0.15) is 0 Å². The summed E-state index contributed by atoms with van der Waals surface area (Å²) in [5.74, 6) is -0.815. The third-order valence-corrected chi connectivity index (χ3v) is 0.907. The summed E-state index contributed by atoms with van der Waals surface area (Å²) in [5.41, 5.74) is 4.94. The van der Waals surface area contributed by atoms with Gasteiger partial charge >= 0.3 is 5.97 Å². The first kappa shape index (κ1) is 12.0. The molecule has 0 fully saturated rings. The number of aliphatic carboxylic acids is 1. The first-order valence-electron chi connectivity index (χ1n) is 2.33. The molecule has 0 aromatic heterocycles. The van der Waals surface area contributed by atoms with Gasteiger partial charge in [-0.1, -0.05) is 0 Å². The van der Waals surface area contributed by atoms with Crippen molar-refractivity contribution < 1.29 is 15.1 Å². The van der Waals surface area contributed by atoms with Crippen molar-refractivity contribution in [2.75, 3.05) is 5.75 Å². The van der Waals surface area contributed by atoms with Crippen LogP contribution in [0.25, 0.3) is 0 Å². The van der Waals surface area contributed by atoms with Crippen molar-refractivity contribution >= 4 is 25.3 Å². The van der Waals surface area contributed by atoms with Crippen LogP contribution in [0.3, 0.4) is 0 Å². The highest BCUT2D eigenvalue weighted by atomic mass is 32.1. The zero-order valence-electron chi connectivity index (χ0n) is 5.28. The van der Waals surface area contributed by atoms with E-state index in [1.54, 1.807) is 0 Å². The van der Waals surface area contributed by atoms with E-state index in [1.165, 1.54) is 5.16 Å². The summed E-state index contributed by atoms with van der Waals surface area (Å²) in [4.78, 5) is 9.76. The van der Waals surface area contributed by atoms with Crippen molar-refractivity contribution in [1.29, 1.82) is 0 Å². The summed E-state index contributed by atoms with van der Waals surface area (Å²) in [7, 11) is 0. The van der Waals surface area contributed by atoms with E-state index in [2.05, 4.69) is 19.3 Å². The molecular formula is C4H10N2O3S. The molecule has 0 rings (SSSR count). The van der Waals surface area contributed by atoms with Crippen LogP contribution in [0.15, 0.2) is 0 Å². The first-order valence-corrected chi connectivity index (χ1v) is 2.96. The van der Waals surface area contributed by atoms with E-state index < -0.39 is 12.0 Å². The lowest BCUT2D eigenvalue weighted by molar-refractivity contribution is -0.361. The van der Waals surface area contributed by atoms with Crippen molar-refractivity contribution in [1.82, 2.24) is 0 Å². The maximum atomic E-state index is 9.76. The van der Waals surface area contributed by atoms with E-state index >= 15 is 0 Å². The van der Waals surface area contributed by atoms with E-state index in [9.17, 15) is 4.79 Å². The van der Waals surface area contributed by atoms with Crippen LogP contribution in [0.2, 0.25) is 0 Å². The Kier molecular flexibility index (Phi) is 9.88. The van der Waals surface area contributed by atoms with Gasteiger partial charge < -0.3 is 16.0 Å². The van der Waals surface area contributed by atoms with Crippen LogP contribution in [0.5, 0.6) is 0 Å². The normalized spacial score (nSPS) is 10.6. The second-order valence-electron chi connectivity index (χ2n) is 1.27. The predicted molar refractivity (Wildman–Crippen MR) is 40.9 cm³/mol. The third-order valence-electron chi connectivity index (χ3n) is 0.514. The standard InChI is InChI=1S/C3H7NO2S.CH3NO/c4-2(1-7)3(5)6;1-2-3/h2,7H,1,4H2,(H,5,6);2H,1H2/t2-;/m0./s1. The lowest BCUT2D eigenvalue weighted by atomic mass is 10.4.